The van der Waals surface area contributed by atoms with Crippen molar-refractivity contribution in [3.8, 4) is 22.8 Å². The average Bonchev–Trinajstić information content (AvgIpc) is 3.14. The van der Waals surface area contributed by atoms with E-state index < -0.39 is 32.2 Å². The summed E-state index contributed by atoms with van der Waals surface area (Å²) in [6, 6.07) is 9.69. The summed E-state index contributed by atoms with van der Waals surface area (Å²) in [5.74, 6) is -1.46. The second-order valence-electron chi connectivity index (χ2n) is 11.4. The fourth-order valence-corrected chi connectivity index (χ4v) is 6.16. The minimum atomic E-state index is -4.18. The predicted octanol–water partition coefficient (Wildman–Crippen LogP) is 4.89. The van der Waals surface area contributed by atoms with Crippen LogP contribution in [0, 0.1) is 17.7 Å². The van der Waals surface area contributed by atoms with Gasteiger partial charge in [0.2, 0.25) is 9.84 Å². The van der Waals surface area contributed by atoms with Crippen LogP contribution in [-0.4, -0.2) is 53.7 Å². The van der Waals surface area contributed by atoms with E-state index in [2.05, 4.69) is 11.9 Å². The Balaban J connectivity index is 1.76. The van der Waals surface area contributed by atoms with Crippen LogP contribution in [0.1, 0.15) is 51.4 Å². The number of ketones is 1. The van der Waals surface area contributed by atoms with Gasteiger partial charge in [0, 0.05) is 23.7 Å². The lowest BCUT2D eigenvalue weighted by Crippen LogP contribution is -2.40. The van der Waals surface area contributed by atoms with Crippen molar-refractivity contribution in [3.05, 3.63) is 53.8 Å². The molecule has 3 aromatic rings. The summed E-state index contributed by atoms with van der Waals surface area (Å²) >= 11 is 0. The number of hydrogen-bond acceptors (Lipinski definition) is 9. The zero-order valence-electron chi connectivity index (χ0n) is 23.3. The molecule has 1 fully saturated rings. The Bertz CT molecular complexity index is 1540. The molecule has 4 rings (SSSR count). The first-order chi connectivity index (χ1) is 18.7. The first kappa shape index (κ1) is 29.3. The van der Waals surface area contributed by atoms with Gasteiger partial charge in [-0.1, -0.05) is 20.8 Å². The Hall–Kier alpha value is -3.73. The number of anilines is 2. The molecular weight excluding hydrogens is 535 g/mol. The molecule has 0 aliphatic carbocycles. The minimum Gasteiger partial charge on any atom is -0.504 e. The molecular formula is C29H35FN4O5S. The summed E-state index contributed by atoms with van der Waals surface area (Å²) in [5, 5.41) is 9.20. The number of Topliss-reactive ketones (excluding diaryl/α,β-unsaturated/α-hetero) is 1. The second kappa shape index (κ2) is 11.0. The van der Waals surface area contributed by atoms with Crippen molar-refractivity contribution in [1.82, 2.24) is 9.97 Å². The maximum absolute atomic E-state index is 14.6. The third-order valence-electron chi connectivity index (χ3n) is 6.77. The molecule has 40 heavy (non-hydrogen) atoms. The standard InChI is InChI=1S/C29H35FN4O5S/c1-17(2)15-39-21-11-19(10-20(30)12-21)23-7-6-22(28(32-23)34-14-18(3)13-29(34,4)5)25(36)16-40(37,38)26-9-8-24(35)27(31)33-26/h6-12,17-18,35H,13-16H2,1-5H3,(H2,31,33)/t18-/m0/s1. The summed E-state index contributed by atoms with van der Waals surface area (Å²) in [6.45, 7) is 11.2. The number of aromatic hydroxyl groups is 1. The predicted molar refractivity (Wildman–Crippen MR) is 152 cm³/mol. The van der Waals surface area contributed by atoms with E-state index in [1.807, 2.05) is 32.6 Å². The van der Waals surface area contributed by atoms with Gasteiger partial charge in [-0.15, -0.1) is 0 Å². The molecule has 214 valence electrons. The molecule has 9 nitrogen and oxygen atoms in total. The third-order valence-corrected chi connectivity index (χ3v) is 8.28. The minimum absolute atomic E-state index is 0.133. The number of halogens is 1. The number of carbonyl (C=O) groups is 1. The van der Waals surface area contributed by atoms with E-state index in [9.17, 15) is 22.7 Å². The lowest BCUT2D eigenvalue weighted by Gasteiger charge is -2.34. The normalized spacial score (nSPS) is 16.9. The number of pyridine rings is 2. The topological polar surface area (TPSA) is 136 Å². The van der Waals surface area contributed by atoms with E-state index in [1.54, 1.807) is 12.1 Å². The molecule has 0 spiro atoms. The zero-order chi connectivity index (χ0) is 29.4. The second-order valence-corrected chi connectivity index (χ2v) is 13.4. The molecule has 3 N–H and O–H groups in total. The summed E-state index contributed by atoms with van der Waals surface area (Å²) in [5.41, 5.74) is 6.24. The average molecular weight is 571 g/mol. The number of nitrogen functional groups attached to an aromatic ring is 1. The number of rotatable bonds is 9. The van der Waals surface area contributed by atoms with Gasteiger partial charge in [0.15, 0.2) is 22.4 Å². The highest BCUT2D eigenvalue weighted by molar-refractivity contribution is 7.92. The van der Waals surface area contributed by atoms with Crippen LogP contribution >= 0.6 is 0 Å². The lowest BCUT2D eigenvalue weighted by atomic mass is 9.97. The maximum atomic E-state index is 14.6. The van der Waals surface area contributed by atoms with Gasteiger partial charge in [0.05, 0.1) is 17.9 Å². The molecule has 11 heteroatoms. The number of hydrogen-bond donors (Lipinski definition) is 2. The van der Waals surface area contributed by atoms with Crippen molar-refractivity contribution in [3.63, 3.8) is 0 Å². The molecule has 2 aromatic heterocycles. The molecule has 3 heterocycles. The van der Waals surface area contributed by atoms with Crippen molar-refractivity contribution in [2.75, 3.05) is 29.5 Å². The van der Waals surface area contributed by atoms with Crippen molar-refractivity contribution < 1.29 is 27.4 Å². The summed E-state index contributed by atoms with van der Waals surface area (Å²) < 4.78 is 46.4. The number of carbonyl (C=O) groups excluding carboxylic acids is 1. The van der Waals surface area contributed by atoms with Crippen LogP contribution in [0.25, 0.3) is 11.3 Å². The van der Waals surface area contributed by atoms with E-state index in [-0.39, 0.29) is 28.6 Å². The summed E-state index contributed by atoms with van der Waals surface area (Å²) in [7, 11) is -4.18. The first-order valence-electron chi connectivity index (χ1n) is 13.1. The van der Waals surface area contributed by atoms with Crippen molar-refractivity contribution >= 4 is 27.3 Å². The molecule has 0 unspecified atom stereocenters. The van der Waals surface area contributed by atoms with Crippen LogP contribution in [0.3, 0.4) is 0 Å². The van der Waals surface area contributed by atoms with Crippen LogP contribution in [0.15, 0.2) is 47.5 Å². The number of nitrogens with zero attached hydrogens (tertiary/aromatic N) is 3. The van der Waals surface area contributed by atoms with E-state index in [0.29, 0.717) is 41.9 Å². The Morgan fingerprint density at radius 3 is 2.55 bits per heavy atom. The van der Waals surface area contributed by atoms with Gasteiger partial charge >= 0.3 is 0 Å². The highest BCUT2D eigenvalue weighted by Gasteiger charge is 2.39. The molecule has 1 saturated heterocycles. The van der Waals surface area contributed by atoms with E-state index >= 15 is 0 Å². The van der Waals surface area contributed by atoms with Gasteiger partial charge in [0.1, 0.15) is 23.1 Å². The van der Waals surface area contributed by atoms with Crippen LogP contribution in [0.5, 0.6) is 11.5 Å². The van der Waals surface area contributed by atoms with Crippen LogP contribution in [-0.2, 0) is 9.84 Å². The number of ether oxygens (including phenoxy) is 1. The highest BCUT2D eigenvalue weighted by atomic mass is 32.2. The van der Waals surface area contributed by atoms with Crippen LogP contribution in [0.2, 0.25) is 0 Å². The van der Waals surface area contributed by atoms with Gasteiger partial charge in [-0.05, 0) is 68.5 Å². The van der Waals surface area contributed by atoms with Gasteiger partial charge in [-0.2, -0.15) is 0 Å². The van der Waals surface area contributed by atoms with E-state index in [1.165, 1.54) is 18.2 Å². The number of nitrogens with two attached hydrogens (primary N) is 1. The molecule has 1 aromatic carbocycles. The van der Waals surface area contributed by atoms with Crippen LogP contribution in [0.4, 0.5) is 16.0 Å². The van der Waals surface area contributed by atoms with E-state index in [0.717, 1.165) is 18.6 Å². The quantitative estimate of drug-likeness (QED) is 0.345. The monoisotopic (exact) mass is 570 g/mol. The summed E-state index contributed by atoms with van der Waals surface area (Å²) in [4.78, 5) is 24.1. The smallest absolute Gasteiger partial charge is 0.203 e. The van der Waals surface area contributed by atoms with Gasteiger partial charge in [0.25, 0.3) is 0 Å². The number of benzene rings is 1. The molecule has 0 radical (unpaired) electrons. The molecule has 0 amide bonds. The fraction of sp³-hybridized carbons (Fsp3) is 0.414. The molecule has 1 aliphatic heterocycles. The SMILES string of the molecule is CC(C)COc1cc(F)cc(-c2ccc(C(=O)CS(=O)(=O)c3ccc(O)c(N)n3)c(N3C[C@@H](C)CC3(C)C)n2)c1. The molecule has 0 saturated carbocycles. The zero-order valence-corrected chi connectivity index (χ0v) is 24.1. The van der Waals surface area contributed by atoms with Gasteiger partial charge < -0.3 is 20.5 Å². The van der Waals surface area contributed by atoms with E-state index in [4.69, 9.17) is 15.5 Å². The van der Waals surface area contributed by atoms with Crippen molar-refractivity contribution in [1.29, 1.82) is 0 Å². The molecule has 1 aliphatic rings. The maximum Gasteiger partial charge on any atom is 0.203 e. The largest absolute Gasteiger partial charge is 0.504 e. The Morgan fingerprint density at radius 2 is 1.93 bits per heavy atom. The Labute approximate surface area is 234 Å². The van der Waals surface area contributed by atoms with Crippen molar-refractivity contribution in [2.24, 2.45) is 11.8 Å². The fourth-order valence-electron chi connectivity index (χ4n) is 5.00. The van der Waals surface area contributed by atoms with Crippen LogP contribution < -0.4 is 15.4 Å². The molecule has 0 bridgehead atoms. The lowest BCUT2D eigenvalue weighted by molar-refractivity contribution is 0.102. The first-order valence-corrected chi connectivity index (χ1v) is 14.8. The van der Waals surface area contributed by atoms with Gasteiger partial charge in [-0.3, -0.25) is 4.79 Å². The third kappa shape index (κ3) is 6.35. The van der Waals surface area contributed by atoms with Gasteiger partial charge in [-0.25, -0.2) is 22.8 Å². The Kier molecular flexibility index (Phi) is 8.07. The number of aromatic nitrogens is 2. The Morgan fingerprint density at radius 1 is 1.20 bits per heavy atom. The highest BCUT2D eigenvalue weighted by Crippen LogP contribution is 2.39. The number of sulfone groups is 1. The summed E-state index contributed by atoms with van der Waals surface area (Å²) in [6.07, 6.45) is 0.842. The van der Waals surface area contributed by atoms with Crippen molar-refractivity contribution in [2.45, 2.75) is 51.6 Å². The molecule has 1 atom stereocenters.